The van der Waals surface area contributed by atoms with Crippen LogP contribution in [0.15, 0.2) is 49.8 Å². The standard InChI is InChI=1S/C14H9Br3O2/c1-19-13-3-2-9(15)7-12(13)14(18)8-4-10(16)6-11(17)5-8/h2-7H,1H3. The zero-order valence-corrected chi connectivity index (χ0v) is 14.7. The molecule has 0 amide bonds. The monoisotopic (exact) mass is 446 g/mol. The van der Waals surface area contributed by atoms with Crippen molar-refractivity contribution in [1.82, 2.24) is 0 Å². The highest BCUT2D eigenvalue weighted by atomic mass is 79.9. The van der Waals surface area contributed by atoms with E-state index in [9.17, 15) is 4.79 Å². The lowest BCUT2D eigenvalue weighted by Gasteiger charge is -2.09. The second kappa shape index (κ2) is 6.20. The summed E-state index contributed by atoms with van der Waals surface area (Å²) in [4.78, 5) is 12.5. The number of halogens is 3. The van der Waals surface area contributed by atoms with Crippen molar-refractivity contribution < 1.29 is 9.53 Å². The van der Waals surface area contributed by atoms with Gasteiger partial charge in [0.15, 0.2) is 5.78 Å². The first kappa shape index (κ1) is 14.8. The van der Waals surface area contributed by atoms with E-state index in [4.69, 9.17) is 4.74 Å². The summed E-state index contributed by atoms with van der Waals surface area (Å²) in [5.74, 6) is 0.476. The number of ketones is 1. The Morgan fingerprint density at radius 2 is 1.58 bits per heavy atom. The van der Waals surface area contributed by atoms with E-state index in [1.165, 1.54) is 0 Å². The van der Waals surface area contributed by atoms with Crippen LogP contribution in [0.2, 0.25) is 0 Å². The molecule has 5 heteroatoms. The molecule has 0 saturated carbocycles. The molecule has 0 aliphatic carbocycles. The van der Waals surface area contributed by atoms with Gasteiger partial charge in [-0.3, -0.25) is 4.79 Å². The zero-order chi connectivity index (χ0) is 14.0. The van der Waals surface area contributed by atoms with Crippen LogP contribution in [0.5, 0.6) is 5.75 Å². The van der Waals surface area contributed by atoms with E-state index in [-0.39, 0.29) is 5.78 Å². The van der Waals surface area contributed by atoms with E-state index in [0.29, 0.717) is 16.9 Å². The van der Waals surface area contributed by atoms with E-state index in [1.54, 1.807) is 31.4 Å². The van der Waals surface area contributed by atoms with Crippen LogP contribution in [0.3, 0.4) is 0 Å². The van der Waals surface area contributed by atoms with Gasteiger partial charge in [0, 0.05) is 19.0 Å². The molecule has 0 spiro atoms. The van der Waals surface area contributed by atoms with Crippen molar-refractivity contribution in [2.45, 2.75) is 0 Å². The lowest BCUT2D eigenvalue weighted by molar-refractivity contribution is 0.103. The van der Waals surface area contributed by atoms with Gasteiger partial charge in [-0.1, -0.05) is 47.8 Å². The van der Waals surface area contributed by atoms with Gasteiger partial charge in [0.05, 0.1) is 12.7 Å². The number of carbonyl (C=O) groups excluding carboxylic acids is 1. The number of carbonyl (C=O) groups is 1. The molecule has 2 aromatic rings. The molecule has 2 aromatic carbocycles. The van der Waals surface area contributed by atoms with Crippen molar-refractivity contribution in [3.05, 3.63) is 60.9 Å². The summed E-state index contributed by atoms with van der Waals surface area (Å²) >= 11 is 10.1. The fraction of sp³-hybridized carbons (Fsp3) is 0.0714. The molecule has 0 unspecified atom stereocenters. The van der Waals surface area contributed by atoms with Crippen molar-refractivity contribution in [3.63, 3.8) is 0 Å². The Labute approximate surface area is 136 Å². The Hall–Kier alpha value is -0.650. The average Bonchev–Trinajstić information content (AvgIpc) is 2.36. The molecule has 0 aliphatic heterocycles. The Morgan fingerprint density at radius 1 is 0.947 bits per heavy atom. The summed E-state index contributed by atoms with van der Waals surface area (Å²) in [5, 5.41) is 0. The summed E-state index contributed by atoms with van der Waals surface area (Å²) in [7, 11) is 1.55. The molecule has 0 fully saturated rings. The van der Waals surface area contributed by atoms with Crippen LogP contribution in [0.25, 0.3) is 0 Å². The lowest BCUT2D eigenvalue weighted by Crippen LogP contribution is -2.04. The van der Waals surface area contributed by atoms with Gasteiger partial charge in [0.25, 0.3) is 0 Å². The third-order valence-electron chi connectivity index (χ3n) is 2.53. The summed E-state index contributed by atoms with van der Waals surface area (Å²) in [6.45, 7) is 0. The molecule has 0 N–H and O–H groups in total. The summed E-state index contributed by atoms with van der Waals surface area (Å²) in [6.07, 6.45) is 0. The van der Waals surface area contributed by atoms with Crippen molar-refractivity contribution >= 4 is 53.6 Å². The number of hydrogen-bond donors (Lipinski definition) is 0. The predicted molar refractivity (Wildman–Crippen MR) is 86.0 cm³/mol. The normalized spacial score (nSPS) is 10.3. The van der Waals surface area contributed by atoms with Crippen molar-refractivity contribution in [2.75, 3.05) is 7.11 Å². The predicted octanol–water partition coefficient (Wildman–Crippen LogP) is 5.21. The highest BCUT2D eigenvalue weighted by Gasteiger charge is 2.15. The maximum absolute atomic E-state index is 12.5. The third kappa shape index (κ3) is 3.46. The number of rotatable bonds is 3. The molecule has 0 atom stereocenters. The topological polar surface area (TPSA) is 26.3 Å². The Kier molecular flexibility index (Phi) is 4.81. The number of ether oxygens (including phenoxy) is 1. The van der Waals surface area contributed by atoms with Gasteiger partial charge in [-0.15, -0.1) is 0 Å². The molecule has 0 aliphatic rings. The molecule has 0 bridgehead atoms. The molecule has 0 heterocycles. The van der Waals surface area contributed by atoms with Gasteiger partial charge in [-0.2, -0.15) is 0 Å². The second-order valence-electron chi connectivity index (χ2n) is 3.83. The van der Waals surface area contributed by atoms with Crippen LogP contribution in [-0.2, 0) is 0 Å². The van der Waals surface area contributed by atoms with Gasteiger partial charge in [-0.05, 0) is 36.4 Å². The van der Waals surface area contributed by atoms with E-state index >= 15 is 0 Å². The molecular formula is C14H9Br3O2. The minimum absolute atomic E-state index is 0.0832. The number of hydrogen-bond acceptors (Lipinski definition) is 2. The Balaban J connectivity index is 2.52. The SMILES string of the molecule is COc1ccc(Br)cc1C(=O)c1cc(Br)cc(Br)c1. The molecular weight excluding hydrogens is 440 g/mol. The van der Waals surface area contributed by atoms with Gasteiger partial charge in [-0.25, -0.2) is 0 Å². The first-order chi connectivity index (χ1) is 9.01. The number of benzene rings is 2. The van der Waals surface area contributed by atoms with Crippen LogP contribution in [0.4, 0.5) is 0 Å². The van der Waals surface area contributed by atoms with Crippen LogP contribution in [0, 0.1) is 0 Å². The first-order valence-corrected chi connectivity index (χ1v) is 7.73. The molecule has 2 nitrogen and oxygen atoms in total. The second-order valence-corrected chi connectivity index (χ2v) is 6.58. The summed E-state index contributed by atoms with van der Waals surface area (Å²) in [5.41, 5.74) is 1.12. The number of methoxy groups -OCH3 is 1. The van der Waals surface area contributed by atoms with Gasteiger partial charge in [0.2, 0.25) is 0 Å². The van der Waals surface area contributed by atoms with Gasteiger partial charge >= 0.3 is 0 Å². The molecule has 0 aromatic heterocycles. The van der Waals surface area contributed by atoms with E-state index in [2.05, 4.69) is 47.8 Å². The van der Waals surface area contributed by atoms with Crippen LogP contribution < -0.4 is 4.74 Å². The molecule has 19 heavy (non-hydrogen) atoms. The third-order valence-corrected chi connectivity index (χ3v) is 3.94. The van der Waals surface area contributed by atoms with E-state index in [1.807, 2.05) is 12.1 Å². The fourth-order valence-electron chi connectivity index (χ4n) is 1.70. The summed E-state index contributed by atoms with van der Waals surface area (Å²) in [6, 6.07) is 10.8. The highest BCUT2D eigenvalue weighted by Crippen LogP contribution is 2.28. The quantitative estimate of drug-likeness (QED) is 0.602. The van der Waals surface area contributed by atoms with Crippen LogP contribution in [-0.4, -0.2) is 12.9 Å². The van der Waals surface area contributed by atoms with Crippen LogP contribution in [0.1, 0.15) is 15.9 Å². The average molecular weight is 449 g/mol. The molecule has 2 rings (SSSR count). The highest BCUT2D eigenvalue weighted by molar-refractivity contribution is 9.11. The maximum atomic E-state index is 12.5. The van der Waals surface area contributed by atoms with Crippen molar-refractivity contribution in [3.8, 4) is 5.75 Å². The Morgan fingerprint density at radius 3 is 2.16 bits per heavy atom. The van der Waals surface area contributed by atoms with Crippen LogP contribution >= 0.6 is 47.8 Å². The van der Waals surface area contributed by atoms with E-state index in [0.717, 1.165) is 13.4 Å². The van der Waals surface area contributed by atoms with Gasteiger partial charge < -0.3 is 4.74 Å². The molecule has 98 valence electrons. The minimum atomic E-state index is -0.0832. The Bertz CT molecular complexity index is 618. The first-order valence-electron chi connectivity index (χ1n) is 5.35. The van der Waals surface area contributed by atoms with Crippen molar-refractivity contribution in [1.29, 1.82) is 0 Å². The smallest absolute Gasteiger partial charge is 0.196 e. The van der Waals surface area contributed by atoms with E-state index < -0.39 is 0 Å². The van der Waals surface area contributed by atoms with Crippen molar-refractivity contribution in [2.24, 2.45) is 0 Å². The maximum Gasteiger partial charge on any atom is 0.196 e. The fourth-order valence-corrected chi connectivity index (χ4v) is 3.35. The lowest BCUT2D eigenvalue weighted by atomic mass is 10.0. The molecule has 0 radical (unpaired) electrons. The minimum Gasteiger partial charge on any atom is -0.496 e. The largest absolute Gasteiger partial charge is 0.496 e. The molecule has 0 saturated heterocycles. The van der Waals surface area contributed by atoms with Gasteiger partial charge in [0.1, 0.15) is 5.75 Å². The zero-order valence-electron chi connectivity index (χ0n) is 9.91. The summed E-state index contributed by atoms with van der Waals surface area (Å²) < 4.78 is 7.77.